The Morgan fingerprint density at radius 3 is 1.60 bits per heavy atom. The molecule has 47 heavy (non-hydrogen) atoms. The Morgan fingerprint density at radius 2 is 0.766 bits per heavy atom. The van der Waals surface area contributed by atoms with E-state index in [1.165, 1.54) is 65.3 Å². The van der Waals surface area contributed by atoms with E-state index in [0.29, 0.717) is 0 Å². The van der Waals surface area contributed by atoms with Crippen LogP contribution < -0.4 is 4.90 Å². The summed E-state index contributed by atoms with van der Waals surface area (Å²) in [6.07, 6.45) is 0. The molecule has 1 heteroatoms. The first kappa shape index (κ1) is 27.2. The standard InChI is InChI=1S/C46H31N/c1-2-9-32(10-3-1)37-14-8-15-41(30-37)47(40-23-19-34(20-24-40)38-18-17-33-11-4-5-13-36(33)29-38)42-25-28-44-39(31-42)22-27-45-43-16-7-6-12-35(43)21-26-46(44)45/h1-31H. The van der Waals surface area contributed by atoms with E-state index in [0.717, 1.165) is 17.1 Å². The van der Waals surface area contributed by atoms with Gasteiger partial charge in [0.05, 0.1) is 0 Å². The summed E-state index contributed by atoms with van der Waals surface area (Å²) in [4.78, 5) is 2.38. The number of anilines is 3. The number of fused-ring (bicyclic) bond motifs is 6. The maximum atomic E-state index is 2.38. The van der Waals surface area contributed by atoms with Crippen LogP contribution in [-0.2, 0) is 0 Å². The van der Waals surface area contributed by atoms with Crippen LogP contribution in [-0.4, -0.2) is 0 Å². The fraction of sp³-hybridized carbons (Fsp3) is 0. The van der Waals surface area contributed by atoms with Crippen molar-refractivity contribution < 1.29 is 0 Å². The molecule has 0 aliphatic heterocycles. The molecule has 0 N–H and O–H groups in total. The number of rotatable bonds is 5. The highest BCUT2D eigenvalue weighted by Crippen LogP contribution is 2.40. The Balaban J connectivity index is 1.18. The quantitative estimate of drug-likeness (QED) is 0.178. The smallest absolute Gasteiger partial charge is 0.0468 e. The van der Waals surface area contributed by atoms with Crippen LogP contribution in [0, 0.1) is 0 Å². The summed E-state index contributed by atoms with van der Waals surface area (Å²) in [5.74, 6) is 0. The van der Waals surface area contributed by atoms with E-state index in [-0.39, 0.29) is 0 Å². The van der Waals surface area contributed by atoms with Crippen molar-refractivity contribution in [3.8, 4) is 22.3 Å². The van der Waals surface area contributed by atoms with Gasteiger partial charge in [0.15, 0.2) is 0 Å². The van der Waals surface area contributed by atoms with Gasteiger partial charge in [0, 0.05) is 17.1 Å². The average Bonchev–Trinajstić information content (AvgIpc) is 3.15. The number of nitrogens with zero attached hydrogens (tertiary/aromatic N) is 1. The van der Waals surface area contributed by atoms with Crippen LogP contribution in [0.1, 0.15) is 0 Å². The van der Waals surface area contributed by atoms with E-state index in [9.17, 15) is 0 Å². The van der Waals surface area contributed by atoms with Gasteiger partial charge >= 0.3 is 0 Å². The second kappa shape index (κ2) is 11.3. The lowest BCUT2D eigenvalue weighted by Crippen LogP contribution is -2.10. The lowest BCUT2D eigenvalue weighted by atomic mass is 9.96. The fourth-order valence-corrected chi connectivity index (χ4v) is 7.03. The zero-order valence-corrected chi connectivity index (χ0v) is 25.8. The van der Waals surface area contributed by atoms with Gasteiger partial charge in [-0.2, -0.15) is 0 Å². The molecule has 0 aromatic heterocycles. The SMILES string of the molecule is c1ccc(-c2cccc(N(c3ccc(-c4ccc5ccccc5c4)cc3)c3ccc4c(ccc5c6ccccc6ccc45)c3)c2)cc1. The summed E-state index contributed by atoms with van der Waals surface area (Å²) in [6, 6.07) is 68.3. The Labute approximate surface area is 274 Å². The number of hydrogen-bond donors (Lipinski definition) is 0. The van der Waals surface area contributed by atoms with Crippen molar-refractivity contribution in [1.82, 2.24) is 0 Å². The van der Waals surface area contributed by atoms with E-state index in [1.54, 1.807) is 0 Å². The predicted molar refractivity (Wildman–Crippen MR) is 202 cm³/mol. The maximum Gasteiger partial charge on any atom is 0.0468 e. The summed E-state index contributed by atoms with van der Waals surface area (Å²) in [5, 5.41) is 10.1. The molecule has 220 valence electrons. The highest BCUT2D eigenvalue weighted by molar-refractivity contribution is 6.17. The largest absolute Gasteiger partial charge is 0.310 e. The van der Waals surface area contributed by atoms with Gasteiger partial charge in [0.1, 0.15) is 0 Å². The van der Waals surface area contributed by atoms with Crippen molar-refractivity contribution in [2.24, 2.45) is 0 Å². The van der Waals surface area contributed by atoms with Crippen molar-refractivity contribution in [1.29, 1.82) is 0 Å². The Kier molecular flexibility index (Phi) is 6.54. The molecule has 0 bridgehead atoms. The van der Waals surface area contributed by atoms with E-state index in [1.807, 2.05) is 0 Å². The van der Waals surface area contributed by atoms with Crippen LogP contribution in [0.3, 0.4) is 0 Å². The van der Waals surface area contributed by atoms with Crippen LogP contribution in [0.15, 0.2) is 188 Å². The molecule has 1 nitrogen and oxygen atoms in total. The maximum absolute atomic E-state index is 2.38. The van der Waals surface area contributed by atoms with Gasteiger partial charge in [-0.05, 0) is 108 Å². The molecule has 0 saturated heterocycles. The molecule has 0 aliphatic carbocycles. The molecule has 0 radical (unpaired) electrons. The van der Waals surface area contributed by atoms with E-state index in [2.05, 4.69) is 193 Å². The molecule has 0 spiro atoms. The van der Waals surface area contributed by atoms with Crippen molar-refractivity contribution in [2.45, 2.75) is 0 Å². The van der Waals surface area contributed by atoms with E-state index in [4.69, 9.17) is 0 Å². The molecule has 0 atom stereocenters. The highest BCUT2D eigenvalue weighted by atomic mass is 15.1. The summed E-state index contributed by atoms with van der Waals surface area (Å²) in [6.45, 7) is 0. The molecular weight excluding hydrogens is 567 g/mol. The van der Waals surface area contributed by atoms with Crippen molar-refractivity contribution in [2.75, 3.05) is 4.90 Å². The molecular formula is C46H31N. The minimum atomic E-state index is 1.12. The molecule has 9 rings (SSSR count). The molecule has 0 fully saturated rings. The van der Waals surface area contributed by atoms with E-state index < -0.39 is 0 Å². The van der Waals surface area contributed by atoms with Crippen molar-refractivity contribution >= 4 is 60.2 Å². The van der Waals surface area contributed by atoms with Gasteiger partial charge in [0.2, 0.25) is 0 Å². The van der Waals surface area contributed by atoms with Gasteiger partial charge in [-0.3, -0.25) is 0 Å². The van der Waals surface area contributed by atoms with Gasteiger partial charge in [0.25, 0.3) is 0 Å². The number of hydrogen-bond acceptors (Lipinski definition) is 1. The first-order valence-electron chi connectivity index (χ1n) is 16.2. The zero-order chi connectivity index (χ0) is 31.2. The summed E-state index contributed by atoms with van der Waals surface area (Å²) < 4.78 is 0. The van der Waals surface area contributed by atoms with Gasteiger partial charge in [-0.25, -0.2) is 0 Å². The second-order valence-electron chi connectivity index (χ2n) is 12.2. The van der Waals surface area contributed by atoms with Crippen LogP contribution in [0.2, 0.25) is 0 Å². The zero-order valence-electron chi connectivity index (χ0n) is 25.8. The third-order valence-electron chi connectivity index (χ3n) is 9.40. The van der Waals surface area contributed by atoms with E-state index >= 15 is 0 Å². The van der Waals surface area contributed by atoms with Crippen LogP contribution in [0.4, 0.5) is 17.1 Å². The third kappa shape index (κ3) is 4.90. The topological polar surface area (TPSA) is 3.24 Å². The van der Waals surface area contributed by atoms with Crippen LogP contribution >= 0.6 is 0 Å². The minimum Gasteiger partial charge on any atom is -0.310 e. The average molecular weight is 598 g/mol. The van der Waals surface area contributed by atoms with Crippen molar-refractivity contribution in [3.63, 3.8) is 0 Å². The Bertz CT molecular complexity index is 2560. The molecule has 0 saturated carbocycles. The minimum absolute atomic E-state index is 1.12. The molecule has 9 aromatic carbocycles. The van der Waals surface area contributed by atoms with Gasteiger partial charge in [-0.1, -0.05) is 146 Å². The molecule has 0 amide bonds. The van der Waals surface area contributed by atoms with Gasteiger partial charge < -0.3 is 4.90 Å². The molecule has 0 aliphatic rings. The van der Waals surface area contributed by atoms with Crippen molar-refractivity contribution in [3.05, 3.63) is 188 Å². The normalized spacial score (nSPS) is 11.4. The molecule has 9 aromatic rings. The summed E-state index contributed by atoms with van der Waals surface area (Å²) >= 11 is 0. The third-order valence-corrected chi connectivity index (χ3v) is 9.40. The Hall–Kier alpha value is -6.18. The lowest BCUT2D eigenvalue weighted by molar-refractivity contribution is 1.29. The summed E-state index contributed by atoms with van der Waals surface area (Å²) in [5.41, 5.74) is 8.19. The van der Waals surface area contributed by atoms with Crippen LogP contribution in [0.25, 0.3) is 65.3 Å². The predicted octanol–water partition coefficient (Wildman–Crippen LogP) is 13.1. The second-order valence-corrected chi connectivity index (χ2v) is 12.2. The fourth-order valence-electron chi connectivity index (χ4n) is 7.03. The monoisotopic (exact) mass is 597 g/mol. The summed E-state index contributed by atoms with van der Waals surface area (Å²) in [7, 11) is 0. The first-order valence-corrected chi connectivity index (χ1v) is 16.2. The lowest BCUT2D eigenvalue weighted by Gasteiger charge is -2.27. The van der Waals surface area contributed by atoms with Gasteiger partial charge in [-0.15, -0.1) is 0 Å². The molecule has 0 unspecified atom stereocenters. The number of benzene rings is 9. The first-order chi connectivity index (χ1) is 23.3. The Morgan fingerprint density at radius 1 is 0.234 bits per heavy atom. The molecule has 0 heterocycles. The van der Waals surface area contributed by atoms with Crippen LogP contribution in [0.5, 0.6) is 0 Å². The highest BCUT2D eigenvalue weighted by Gasteiger charge is 2.15.